The van der Waals surface area contributed by atoms with Gasteiger partial charge in [-0.15, -0.1) is 0 Å². The van der Waals surface area contributed by atoms with Gasteiger partial charge in [0.25, 0.3) is 12.3 Å². The van der Waals surface area contributed by atoms with Crippen LogP contribution in [0.15, 0.2) is 24.4 Å². The largest absolute Gasteiger partial charge is 0.389 e. The van der Waals surface area contributed by atoms with Crippen molar-refractivity contribution in [2.45, 2.75) is 38.3 Å². The molecule has 13 heteroatoms. The molecular weight excluding hydrogens is 474 g/mol. The number of aromatic nitrogens is 3. The molecule has 3 heterocycles. The van der Waals surface area contributed by atoms with E-state index >= 15 is 0 Å². The second kappa shape index (κ2) is 9.97. The van der Waals surface area contributed by atoms with Crippen molar-refractivity contribution in [2.24, 2.45) is 5.73 Å². The van der Waals surface area contributed by atoms with E-state index in [4.69, 9.17) is 11.5 Å². The van der Waals surface area contributed by atoms with Gasteiger partial charge in [0.15, 0.2) is 11.5 Å². The second-order valence-electron chi connectivity index (χ2n) is 7.92. The summed E-state index contributed by atoms with van der Waals surface area (Å²) in [7, 11) is 0. The normalized spacial score (nSPS) is 16.6. The molecule has 1 saturated heterocycles. The predicted molar refractivity (Wildman–Crippen MR) is 122 cm³/mol. The average Bonchev–Trinajstić information content (AvgIpc) is 3.25. The highest BCUT2D eigenvalue weighted by molar-refractivity contribution is 7.19. The zero-order valence-corrected chi connectivity index (χ0v) is 18.8. The van der Waals surface area contributed by atoms with Gasteiger partial charge in [-0.1, -0.05) is 17.4 Å². The molecule has 2 aromatic heterocycles. The fourth-order valence-electron chi connectivity index (χ4n) is 3.88. The fourth-order valence-corrected chi connectivity index (χ4v) is 4.76. The lowest BCUT2D eigenvalue weighted by Gasteiger charge is -2.25. The molecule has 1 amide bonds. The monoisotopic (exact) mass is 497 g/mol. The van der Waals surface area contributed by atoms with Crippen molar-refractivity contribution in [2.75, 3.05) is 29.0 Å². The van der Waals surface area contributed by atoms with Crippen LogP contribution in [0.1, 0.15) is 29.8 Å². The number of nitrogens with zero attached hydrogens (tertiary/aromatic N) is 4. The van der Waals surface area contributed by atoms with Crippen molar-refractivity contribution >= 4 is 33.8 Å². The number of nitrogen functional groups attached to an aromatic ring is 1. The lowest BCUT2D eigenvalue weighted by Crippen LogP contribution is -2.30. The van der Waals surface area contributed by atoms with Crippen LogP contribution >= 0.6 is 11.3 Å². The molecule has 1 unspecified atom stereocenters. The van der Waals surface area contributed by atoms with Gasteiger partial charge in [0.1, 0.15) is 33.9 Å². The van der Waals surface area contributed by atoms with E-state index in [2.05, 4.69) is 15.4 Å². The predicted octanol–water partition coefficient (Wildman–Crippen LogP) is 3.70. The maximum atomic E-state index is 14.2. The van der Waals surface area contributed by atoms with E-state index in [9.17, 15) is 22.4 Å². The number of hydrogen-bond donors (Lipinski definition) is 3. The Morgan fingerprint density at radius 3 is 2.68 bits per heavy atom. The second-order valence-corrected chi connectivity index (χ2v) is 8.95. The molecule has 4 rings (SSSR count). The van der Waals surface area contributed by atoms with Crippen molar-refractivity contribution in [1.29, 1.82) is 0 Å². The molecule has 0 saturated carbocycles. The summed E-state index contributed by atoms with van der Waals surface area (Å²) in [4.78, 5) is 18.9. The first-order chi connectivity index (χ1) is 16.2. The minimum atomic E-state index is -2.65. The van der Waals surface area contributed by atoms with Crippen molar-refractivity contribution in [3.05, 3.63) is 41.7 Å². The van der Waals surface area contributed by atoms with E-state index in [-0.39, 0.29) is 33.0 Å². The summed E-state index contributed by atoms with van der Waals surface area (Å²) < 4.78 is 55.8. The SMILES string of the molecule is Nc1sc(-c2c(F)cccc2F)nc1C(=O)Nc1cnn(CC(F)F)c1N1CCCC(N)CC1. The highest BCUT2D eigenvalue weighted by Crippen LogP contribution is 2.35. The minimum Gasteiger partial charge on any atom is -0.389 e. The maximum Gasteiger partial charge on any atom is 0.277 e. The summed E-state index contributed by atoms with van der Waals surface area (Å²) in [6.07, 6.45) is 0.838. The van der Waals surface area contributed by atoms with E-state index in [1.807, 2.05) is 4.90 Å². The van der Waals surface area contributed by atoms with Crippen molar-refractivity contribution < 1.29 is 22.4 Å². The minimum absolute atomic E-state index is 0.00140. The maximum absolute atomic E-state index is 14.2. The number of nitrogens with two attached hydrogens (primary N) is 2. The van der Waals surface area contributed by atoms with Crippen LogP contribution in [0.25, 0.3) is 10.6 Å². The molecule has 0 spiro atoms. The van der Waals surface area contributed by atoms with E-state index < -0.39 is 30.5 Å². The van der Waals surface area contributed by atoms with Crippen LogP contribution in [0, 0.1) is 11.6 Å². The Morgan fingerprint density at radius 1 is 1.24 bits per heavy atom. The Balaban J connectivity index is 1.63. The molecule has 1 aromatic carbocycles. The average molecular weight is 498 g/mol. The van der Waals surface area contributed by atoms with Crippen molar-refractivity contribution in [1.82, 2.24) is 14.8 Å². The molecule has 1 atom stereocenters. The highest BCUT2D eigenvalue weighted by atomic mass is 32.1. The number of hydrogen-bond acceptors (Lipinski definition) is 7. The third-order valence-electron chi connectivity index (χ3n) is 5.49. The molecule has 0 radical (unpaired) electrons. The number of benzene rings is 1. The van der Waals surface area contributed by atoms with Gasteiger partial charge in [0.2, 0.25) is 0 Å². The third-order valence-corrected chi connectivity index (χ3v) is 6.39. The smallest absolute Gasteiger partial charge is 0.277 e. The molecule has 1 fully saturated rings. The van der Waals surface area contributed by atoms with Gasteiger partial charge in [-0.05, 0) is 31.4 Å². The highest BCUT2D eigenvalue weighted by Gasteiger charge is 2.26. The molecule has 34 heavy (non-hydrogen) atoms. The zero-order valence-electron chi connectivity index (χ0n) is 18.0. The number of carbonyl (C=O) groups is 1. The molecular formula is C21H23F4N7OS. The summed E-state index contributed by atoms with van der Waals surface area (Å²) in [5, 5.41) is 6.51. The topological polar surface area (TPSA) is 115 Å². The first-order valence-corrected chi connectivity index (χ1v) is 11.4. The van der Waals surface area contributed by atoms with Crippen LogP contribution < -0.4 is 21.7 Å². The van der Waals surface area contributed by atoms with Crippen LogP contribution in [0.3, 0.4) is 0 Å². The number of nitrogens with one attached hydrogen (secondary N) is 1. The van der Waals surface area contributed by atoms with Gasteiger partial charge >= 0.3 is 0 Å². The fraction of sp³-hybridized carbons (Fsp3) is 0.381. The van der Waals surface area contributed by atoms with E-state index in [0.29, 0.717) is 25.3 Å². The summed E-state index contributed by atoms with van der Waals surface area (Å²) in [5.74, 6) is -2.09. The first-order valence-electron chi connectivity index (χ1n) is 10.6. The number of amides is 1. The van der Waals surface area contributed by atoms with Gasteiger partial charge in [-0.2, -0.15) is 5.10 Å². The molecule has 3 aromatic rings. The Kier molecular flexibility index (Phi) is 7.03. The van der Waals surface area contributed by atoms with Gasteiger partial charge in [-0.25, -0.2) is 27.2 Å². The van der Waals surface area contributed by atoms with Crippen LogP contribution in [0.4, 0.5) is 34.1 Å². The van der Waals surface area contributed by atoms with E-state index in [1.54, 1.807) is 0 Å². The first kappa shape index (κ1) is 24.0. The number of carbonyl (C=O) groups excluding carboxylic acids is 1. The molecule has 182 valence electrons. The van der Waals surface area contributed by atoms with Gasteiger partial charge in [0, 0.05) is 19.1 Å². The quantitative estimate of drug-likeness (QED) is 0.448. The summed E-state index contributed by atoms with van der Waals surface area (Å²) in [6, 6.07) is 3.37. The summed E-state index contributed by atoms with van der Waals surface area (Å²) >= 11 is 0.765. The zero-order chi connectivity index (χ0) is 24.4. The van der Waals surface area contributed by atoms with Crippen molar-refractivity contribution in [3.8, 4) is 10.6 Å². The Hall–Kier alpha value is -3.19. The van der Waals surface area contributed by atoms with Gasteiger partial charge in [-0.3, -0.25) is 4.79 Å². The standard InChI is InChI=1S/C21H23F4N7OS/c22-12-4-1-5-13(23)16(12)20-30-17(18(27)34-20)19(33)29-14-9-28-32(10-15(24)25)21(14)31-7-2-3-11(26)6-8-31/h1,4-5,9,11,15H,2-3,6-8,10,26-27H2,(H,29,33). The molecule has 8 nitrogen and oxygen atoms in total. The molecule has 5 N–H and O–H groups in total. The molecule has 1 aliphatic heterocycles. The Morgan fingerprint density at radius 2 is 1.97 bits per heavy atom. The third kappa shape index (κ3) is 4.99. The molecule has 0 aliphatic carbocycles. The summed E-state index contributed by atoms with van der Waals surface area (Å²) in [6.45, 7) is 0.416. The number of alkyl halides is 2. The van der Waals surface area contributed by atoms with Crippen LogP contribution in [0.5, 0.6) is 0 Å². The lowest BCUT2D eigenvalue weighted by atomic mass is 10.1. The van der Waals surface area contributed by atoms with Gasteiger partial charge in [0.05, 0.1) is 11.8 Å². The Labute approximate surface area is 196 Å². The Bertz CT molecular complexity index is 1160. The number of rotatable bonds is 6. The van der Waals surface area contributed by atoms with E-state index in [0.717, 1.165) is 41.0 Å². The van der Waals surface area contributed by atoms with Crippen LogP contribution in [-0.2, 0) is 6.54 Å². The van der Waals surface area contributed by atoms with Gasteiger partial charge < -0.3 is 21.7 Å². The van der Waals surface area contributed by atoms with Crippen molar-refractivity contribution in [3.63, 3.8) is 0 Å². The van der Waals surface area contributed by atoms with Crippen LogP contribution in [0.2, 0.25) is 0 Å². The molecule has 0 bridgehead atoms. The van der Waals surface area contributed by atoms with E-state index in [1.165, 1.54) is 12.3 Å². The summed E-state index contributed by atoms with van der Waals surface area (Å²) in [5.41, 5.74) is 11.6. The van der Waals surface area contributed by atoms with Crippen LogP contribution in [-0.4, -0.2) is 46.2 Å². The number of anilines is 3. The lowest BCUT2D eigenvalue weighted by molar-refractivity contribution is 0.102. The number of halogens is 4. The molecule has 1 aliphatic rings. The number of thiazole rings is 1.